The average molecular weight is 314 g/mol. The van der Waals surface area contributed by atoms with E-state index in [2.05, 4.69) is 20.9 Å². The van der Waals surface area contributed by atoms with Crippen LogP contribution in [0, 0.1) is 11.6 Å². The van der Waals surface area contributed by atoms with Gasteiger partial charge >= 0.3 is 0 Å². The third kappa shape index (κ3) is 3.26. The molecule has 0 N–H and O–H groups in total. The van der Waals surface area contributed by atoms with Gasteiger partial charge in [0.05, 0.1) is 6.20 Å². The van der Waals surface area contributed by atoms with E-state index in [1.165, 1.54) is 24.4 Å². The number of hydrogen-bond donors (Lipinski definition) is 0. The van der Waals surface area contributed by atoms with Gasteiger partial charge in [0.25, 0.3) is 0 Å². The minimum Gasteiger partial charge on any atom is -0.489 e. The van der Waals surface area contributed by atoms with Gasteiger partial charge in [0, 0.05) is 22.7 Å². The first-order chi connectivity index (χ1) is 8.69. The molecule has 1 heterocycles. The molecule has 0 saturated carbocycles. The Hall–Kier alpha value is -1.49. The molecule has 2 aromatic rings. The van der Waals surface area contributed by atoms with E-state index in [0.29, 0.717) is 22.2 Å². The summed E-state index contributed by atoms with van der Waals surface area (Å²) >= 11 is 3.26. The van der Waals surface area contributed by atoms with Crippen molar-refractivity contribution in [3.8, 4) is 5.75 Å². The van der Waals surface area contributed by atoms with Crippen LogP contribution in [0.2, 0.25) is 0 Å². The van der Waals surface area contributed by atoms with Crippen LogP contribution < -0.4 is 4.74 Å². The summed E-state index contributed by atoms with van der Waals surface area (Å²) in [5.41, 5.74) is 1.33. The number of nitrogens with zero attached hydrogens (tertiary/aromatic N) is 1. The highest BCUT2D eigenvalue weighted by atomic mass is 79.9. The molecule has 1 aromatic heterocycles. The van der Waals surface area contributed by atoms with Gasteiger partial charge in [-0.25, -0.2) is 8.78 Å². The Bertz CT molecular complexity index is 548. The second-order valence-electron chi connectivity index (χ2n) is 3.69. The zero-order chi connectivity index (χ0) is 13.0. The van der Waals surface area contributed by atoms with Crippen LogP contribution >= 0.6 is 15.9 Å². The van der Waals surface area contributed by atoms with Gasteiger partial charge in [-0.1, -0.05) is 15.9 Å². The number of alkyl halides is 1. The predicted octanol–water partition coefficient (Wildman–Crippen LogP) is 3.83. The van der Waals surface area contributed by atoms with Gasteiger partial charge in [0.15, 0.2) is 0 Å². The molecule has 18 heavy (non-hydrogen) atoms. The van der Waals surface area contributed by atoms with Crippen molar-refractivity contribution < 1.29 is 13.5 Å². The first kappa shape index (κ1) is 13.0. The lowest BCUT2D eigenvalue weighted by molar-refractivity contribution is 0.302. The molecular formula is C13H10BrF2NO. The van der Waals surface area contributed by atoms with E-state index in [0.717, 1.165) is 6.20 Å². The fourth-order valence-electron chi connectivity index (χ4n) is 1.49. The maximum absolute atomic E-state index is 13.0. The van der Waals surface area contributed by atoms with Crippen molar-refractivity contribution in [1.82, 2.24) is 4.98 Å². The number of pyridine rings is 1. The molecule has 0 aliphatic carbocycles. The predicted molar refractivity (Wildman–Crippen MR) is 67.6 cm³/mol. The smallest absolute Gasteiger partial charge is 0.141 e. The molecule has 0 atom stereocenters. The molecule has 0 spiro atoms. The van der Waals surface area contributed by atoms with Crippen LogP contribution in [0.4, 0.5) is 8.78 Å². The van der Waals surface area contributed by atoms with E-state index in [1.54, 1.807) is 6.07 Å². The van der Waals surface area contributed by atoms with Crippen LogP contribution in [-0.4, -0.2) is 4.98 Å². The first-order valence-electron chi connectivity index (χ1n) is 5.25. The monoisotopic (exact) mass is 313 g/mol. The van der Waals surface area contributed by atoms with E-state index in [1.807, 2.05) is 0 Å². The number of hydrogen-bond acceptors (Lipinski definition) is 2. The average Bonchev–Trinajstić information content (AvgIpc) is 2.37. The van der Waals surface area contributed by atoms with Crippen molar-refractivity contribution >= 4 is 15.9 Å². The lowest BCUT2D eigenvalue weighted by atomic mass is 10.2. The topological polar surface area (TPSA) is 22.1 Å². The molecule has 0 saturated heterocycles. The quantitative estimate of drug-likeness (QED) is 0.800. The third-order valence-electron chi connectivity index (χ3n) is 2.32. The number of rotatable bonds is 4. The van der Waals surface area contributed by atoms with Crippen LogP contribution in [0.15, 0.2) is 36.7 Å². The molecule has 0 fully saturated rings. The fourth-order valence-corrected chi connectivity index (χ4v) is 1.93. The maximum Gasteiger partial charge on any atom is 0.141 e. The van der Waals surface area contributed by atoms with Crippen LogP contribution in [0.25, 0.3) is 0 Å². The molecule has 94 valence electrons. The fraction of sp³-hybridized carbons (Fsp3) is 0.154. The Kier molecular flexibility index (Phi) is 4.25. The van der Waals surface area contributed by atoms with Gasteiger partial charge in [-0.3, -0.25) is 4.98 Å². The van der Waals surface area contributed by atoms with Crippen molar-refractivity contribution in [2.75, 3.05) is 0 Å². The van der Waals surface area contributed by atoms with Gasteiger partial charge < -0.3 is 4.74 Å². The van der Waals surface area contributed by atoms with E-state index in [4.69, 9.17) is 4.74 Å². The second kappa shape index (κ2) is 5.91. The standard InChI is InChI=1S/C13H10BrF2NO/c14-5-10-4-11(15)1-2-13(10)18-8-9-3-12(16)7-17-6-9/h1-4,6-7H,5,8H2. The molecular weight excluding hydrogens is 304 g/mol. The van der Waals surface area contributed by atoms with Crippen LogP contribution in [-0.2, 0) is 11.9 Å². The van der Waals surface area contributed by atoms with Crippen LogP contribution in [0.3, 0.4) is 0 Å². The molecule has 2 nitrogen and oxygen atoms in total. The van der Waals surface area contributed by atoms with Gasteiger partial charge in [-0.2, -0.15) is 0 Å². The lowest BCUT2D eigenvalue weighted by Crippen LogP contribution is -1.99. The third-order valence-corrected chi connectivity index (χ3v) is 2.93. The Morgan fingerprint density at radius 1 is 1.11 bits per heavy atom. The minimum absolute atomic E-state index is 0.191. The molecule has 0 bridgehead atoms. The number of benzene rings is 1. The molecule has 0 aliphatic rings. The number of ether oxygens (including phenoxy) is 1. The summed E-state index contributed by atoms with van der Waals surface area (Å²) in [6.45, 7) is 0.191. The van der Waals surface area contributed by atoms with Gasteiger partial charge in [0.1, 0.15) is 24.0 Å². The SMILES string of the molecule is Fc1cncc(COc2ccc(F)cc2CBr)c1. The minimum atomic E-state index is -0.407. The van der Waals surface area contributed by atoms with Gasteiger partial charge in [0.2, 0.25) is 0 Å². The Labute approximate surface area is 112 Å². The van der Waals surface area contributed by atoms with Crippen molar-refractivity contribution in [3.63, 3.8) is 0 Å². The molecule has 0 unspecified atom stereocenters. The summed E-state index contributed by atoms with van der Waals surface area (Å²) in [4.78, 5) is 3.73. The number of aromatic nitrogens is 1. The molecule has 2 rings (SSSR count). The molecule has 0 amide bonds. The summed E-state index contributed by atoms with van der Waals surface area (Å²) < 4.78 is 31.5. The zero-order valence-corrected chi connectivity index (χ0v) is 11.0. The summed E-state index contributed by atoms with van der Waals surface area (Å²) in [5.74, 6) is -0.155. The number of halogens is 3. The summed E-state index contributed by atoms with van der Waals surface area (Å²) in [6, 6.07) is 5.63. The Morgan fingerprint density at radius 2 is 1.94 bits per heavy atom. The lowest BCUT2D eigenvalue weighted by Gasteiger charge is -2.10. The van der Waals surface area contributed by atoms with Gasteiger partial charge in [-0.05, 0) is 24.3 Å². The van der Waals surface area contributed by atoms with Crippen LogP contribution in [0.1, 0.15) is 11.1 Å². The molecule has 0 radical (unpaired) electrons. The van der Waals surface area contributed by atoms with Crippen molar-refractivity contribution in [2.24, 2.45) is 0 Å². The van der Waals surface area contributed by atoms with Crippen LogP contribution in [0.5, 0.6) is 5.75 Å². The van der Waals surface area contributed by atoms with Crippen molar-refractivity contribution in [2.45, 2.75) is 11.9 Å². The zero-order valence-electron chi connectivity index (χ0n) is 9.37. The Balaban J connectivity index is 2.10. The van der Waals surface area contributed by atoms with E-state index < -0.39 is 5.82 Å². The highest BCUT2D eigenvalue weighted by molar-refractivity contribution is 9.08. The molecule has 0 aliphatic heterocycles. The normalized spacial score (nSPS) is 10.4. The van der Waals surface area contributed by atoms with E-state index in [9.17, 15) is 8.78 Å². The van der Waals surface area contributed by atoms with Crippen molar-refractivity contribution in [1.29, 1.82) is 0 Å². The molecule has 5 heteroatoms. The van der Waals surface area contributed by atoms with Gasteiger partial charge in [-0.15, -0.1) is 0 Å². The summed E-state index contributed by atoms with van der Waals surface area (Å²) in [7, 11) is 0. The first-order valence-corrected chi connectivity index (χ1v) is 6.38. The largest absolute Gasteiger partial charge is 0.489 e. The van der Waals surface area contributed by atoms with Crippen molar-refractivity contribution in [3.05, 3.63) is 59.4 Å². The molecule has 1 aromatic carbocycles. The van der Waals surface area contributed by atoms with E-state index in [-0.39, 0.29) is 12.4 Å². The summed E-state index contributed by atoms with van der Waals surface area (Å²) in [5, 5.41) is 0.488. The maximum atomic E-state index is 13.0. The Morgan fingerprint density at radius 3 is 2.67 bits per heavy atom. The van der Waals surface area contributed by atoms with E-state index >= 15 is 0 Å². The highest BCUT2D eigenvalue weighted by Gasteiger charge is 2.05. The second-order valence-corrected chi connectivity index (χ2v) is 4.25. The highest BCUT2D eigenvalue weighted by Crippen LogP contribution is 2.23. The summed E-state index contributed by atoms with van der Waals surface area (Å²) in [6.07, 6.45) is 2.66.